The van der Waals surface area contributed by atoms with Crippen LogP contribution < -0.4 is 5.32 Å². The fourth-order valence-electron chi connectivity index (χ4n) is 1.22. The van der Waals surface area contributed by atoms with Crippen molar-refractivity contribution in [3.05, 3.63) is 27.7 Å². The van der Waals surface area contributed by atoms with Crippen molar-refractivity contribution >= 4 is 39.1 Å². The first kappa shape index (κ1) is 14.3. The third-order valence-electron chi connectivity index (χ3n) is 2.53. The number of benzene rings is 1. The van der Waals surface area contributed by atoms with Crippen molar-refractivity contribution < 1.29 is 4.79 Å². The molecule has 0 aromatic heterocycles. The van der Waals surface area contributed by atoms with Crippen molar-refractivity contribution in [2.75, 3.05) is 18.9 Å². The van der Waals surface area contributed by atoms with Gasteiger partial charge in [-0.15, -0.1) is 0 Å². The van der Waals surface area contributed by atoms with Crippen molar-refractivity contribution in [3.8, 4) is 0 Å². The average Bonchev–Trinajstić information content (AvgIpc) is 2.26. The second kappa shape index (κ2) is 6.26. The maximum atomic E-state index is 11.8. The van der Waals surface area contributed by atoms with Gasteiger partial charge in [0.2, 0.25) is 5.91 Å². The van der Waals surface area contributed by atoms with E-state index in [1.54, 1.807) is 24.1 Å². The van der Waals surface area contributed by atoms with Crippen molar-refractivity contribution in [2.24, 2.45) is 0 Å². The summed E-state index contributed by atoms with van der Waals surface area (Å²) < 4.78 is 0.852. The second-order valence-electron chi connectivity index (χ2n) is 4.08. The lowest BCUT2D eigenvalue weighted by atomic mass is 10.3. The smallest absolute Gasteiger partial charge is 0.241 e. The van der Waals surface area contributed by atoms with E-state index in [9.17, 15) is 4.79 Å². The molecule has 0 aliphatic heterocycles. The monoisotopic (exact) mass is 318 g/mol. The molecule has 1 rings (SSSR count). The fraction of sp³-hybridized carbons (Fsp3) is 0.417. The highest BCUT2D eigenvalue weighted by atomic mass is 79.9. The molecule has 3 nitrogen and oxygen atoms in total. The number of amides is 1. The first-order valence-electron chi connectivity index (χ1n) is 5.36. The number of hydrogen-bond acceptors (Lipinski definition) is 2. The molecule has 0 spiro atoms. The molecule has 0 aliphatic carbocycles. The van der Waals surface area contributed by atoms with E-state index in [1.165, 1.54) is 0 Å². The van der Waals surface area contributed by atoms with Gasteiger partial charge in [-0.1, -0.05) is 11.6 Å². The van der Waals surface area contributed by atoms with Crippen LogP contribution in [0.1, 0.15) is 13.8 Å². The third-order valence-corrected chi connectivity index (χ3v) is 3.42. The van der Waals surface area contributed by atoms with Gasteiger partial charge in [-0.05, 0) is 48.0 Å². The van der Waals surface area contributed by atoms with E-state index in [0.717, 1.165) is 10.2 Å². The van der Waals surface area contributed by atoms with Gasteiger partial charge < -0.3 is 10.2 Å². The standard InChI is InChI=1S/C12H16BrClN2O/c1-8(2)16(3)12(17)7-15-11-5-4-9(14)6-10(11)13/h4-6,8,15H,7H2,1-3H3. The molecular weight excluding hydrogens is 304 g/mol. The Hall–Kier alpha value is -0.740. The minimum Gasteiger partial charge on any atom is -0.375 e. The maximum absolute atomic E-state index is 11.8. The Morgan fingerprint density at radius 1 is 1.53 bits per heavy atom. The molecule has 94 valence electrons. The predicted octanol–water partition coefficient (Wildman–Crippen LogP) is 3.38. The van der Waals surface area contributed by atoms with Crippen LogP contribution in [0, 0.1) is 0 Å². The molecule has 0 radical (unpaired) electrons. The van der Waals surface area contributed by atoms with Crippen molar-refractivity contribution in [1.82, 2.24) is 4.90 Å². The topological polar surface area (TPSA) is 32.3 Å². The molecule has 0 bridgehead atoms. The third kappa shape index (κ3) is 4.21. The molecule has 0 saturated heterocycles. The average molecular weight is 320 g/mol. The van der Waals surface area contributed by atoms with Gasteiger partial charge in [0, 0.05) is 28.3 Å². The van der Waals surface area contributed by atoms with E-state index < -0.39 is 0 Å². The molecule has 5 heteroatoms. The van der Waals surface area contributed by atoms with Crippen LogP contribution in [-0.2, 0) is 4.79 Å². The zero-order valence-electron chi connectivity index (χ0n) is 10.1. The lowest BCUT2D eigenvalue weighted by Gasteiger charge is -2.22. The van der Waals surface area contributed by atoms with Gasteiger partial charge >= 0.3 is 0 Å². The first-order valence-corrected chi connectivity index (χ1v) is 6.53. The lowest BCUT2D eigenvalue weighted by Crippen LogP contribution is -2.37. The summed E-state index contributed by atoms with van der Waals surface area (Å²) >= 11 is 9.23. The van der Waals surface area contributed by atoms with Gasteiger partial charge in [-0.25, -0.2) is 0 Å². The van der Waals surface area contributed by atoms with Gasteiger partial charge in [0.05, 0.1) is 6.54 Å². The van der Waals surface area contributed by atoms with Crippen LogP contribution in [0.2, 0.25) is 5.02 Å². The molecule has 1 aromatic rings. The Balaban J connectivity index is 2.59. The minimum absolute atomic E-state index is 0.0573. The number of carbonyl (C=O) groups is 1. The highest BCUT2D eigenvalue weighted by Crippen LogP contribution is 2.25. The van der Waals surface area contributed by atoms with E-state index in [4.69, 9.17) is 11.6 Å². The molecule has 0 unspecified atom stereocenters. The summed E-state index contributed by atoms with van der Waals surface area (Å²) in [7, 11) is 1.80. The van der Waals surface area contributed by atoms with Crippen molar-refractivity contribution in [1.29, 1.82) is 0 Å². The second-order valence-corrected chi connectivity index (χ2v) is 5.37. The summed E-state index contributed by atoms with van der Waals surface area (Å²) in [6, 6.07) is 5.62. The number of nitrogens with zero attached hydrogens (tertiary/aromatic N) is 1. The molecule has 0 saturated carbocycles. The van der Waals surface area contributed by atoms with E-state index in [-0.39, 0.29) is 18.5 Å². The van der Waals surface area contributed by atoms with Gasteiger partial charge in [0.15, 0.2) is 0 Å². The van der Waals surface area contributed by atoms with Gasteiger partial charge in [-0.2, -0.15) is 0 Å². The molecular formula is C12H16BrClN2O. The summed E-state index contributed by atoms with van der Waals surface area (Å²) in [5, 5.41) is 3.74. The Labute approximate surface area is 115 Å². The number of likely N-dealkylation sites (N-methyl/N-ethyl adjacent to an activating group) is 1. The predicted molar refractivity (Wildman–Crippen MR) is 75.5 cm³/mol. The summed E-state index contributed by atoms with van der Waals surface area (Å²) in [6.45, 7) is 4.24. The van der Waals surface area contributed by atoms with Crippen LogP contribution in [0.15, 0.2) is 22.7 Å². The molecule has 0 aliphatic rings. The minimum atomic E-state index is 0.0573. The SMILES string of the molecule is CC(C)N(C)C(=O)CNc1ccc(Cl)cc1Br. The summed E-state index contributed by atoms with van der Waals surface area (Å²) in [5.41, 5.74) is 0.861. The highest BCUT2D eigenvalue weighted by molar-refractivity contribution is 9.10. The summed E-state index contributed by atoms with van der Waals surface area (Å²) in [5.74, 6) is 0.0573. The zero-order chi connectivity index (χ0) is 13.0. The zero-order valence-corrected chi connectivity index (χ0v) is 12.5. The van der Waals surface area contributed by atoms with Gasteiger partial charge in [-0.3, -0.25) is 4.79 Å². The van der Waals surface area contributed by atoms with Gasteiger partial charge in [0.25, 0.3) is 0 Å². The molecule has 1 aromatic carbocycles. The molecule has 0 fully saturated rings. The summed E-state index contributed by atoms with van der Waals surface area (Å²) in [4.78, 5) is 13.5. The molecule has 1 amide bonds. The normalized spacial score (nSPS) is 10.5. The van der Waals surface area contributed by atoms with Crippen LogP contribution in [-0.4, -0.2) is 30.4 Å². The van der Waals surface area contributed by atoms with E-state index in [0.29, 0.717) is 5.02 Å². The van der Waals surface area contributed by atoms with Crippen molar-refractivity contribution in [2.45, 2.75) is 19.9 Å². The lowest BCUT2D eigenvalue weighted by molar-refractivity contribution is -0.129. The quantitative estimate of drug-likeness (QED) is 0.922. The number of carbonyl (C=O) groups excluding carboxylic acids is 1. The number of anilines is 1. The van der Waals surface area contributed by atoms with Crippen LogP contribution in [0.3, 0.4) is 0 Å². The Morgan fingerprint density at radius 3 is 2.71 bits per heavy atom. The number of nitrogens with one attached hydrogen (secondary N) is 1. The largest absolute Gasteiger partial charge is 0.375 e. The van der Waals surface area contributed by atoms with Crippen LogP contribution in [0.5, 0.6) is 0 Å². The Morgan fingerprint density at radius 2 is 2.18 bits per heavy atom. The maximum Gasteiger partial charge on any atom is 0.241 e. The Bertz CT molecular complexity index is 409. The first-order chi connectivity index (χ1) is 7.91. The molecule has 1 N–H and O–H groups in total. The molecule has 0 heterocycles. The van der Waals surface area contributed by atoms with E-state index in [1.807, 2.05) is 19.9 Å². The van der Waals surface area contributed by atoms with Crippen molar-refractivity contribution in [3.63, 3.8) is 0 Å². The Kier molecular flexibility index (Phi) is 5.28. The molecule has 17 heavy (non-hydrogen) atoms. The number of halogens is 2. The van der Waals surface area contributed by atoms with Crippen LogP contribution in [0.25, 0.3) is 0 Å². The molecule has 0 atom stereocenters. The van der Waals surface area contributed by atoms with Gasteiger partial charge in [0.1, 0.15) is 0 Å². The number of rotatable bonds is 4. The number of hydrogen-bond donors (Lipinski definition) is 1. The highest BCUT2D eigenvalue weighted by Gasteiger charge is 2.11. The fourth-order valence-corrected chi connectivity index (χ4v) is 2.04. The van der Waals surface area contributed by atoms with E-state index in [2.05, 4.69) is 21.2 Å². The van der Waals surface area contributed by atoms with Crippen LogP contribution >= 0.6 is 27.5 Å². The van der Waals surface area contributed by atoms with E-state index >= 15 is 0 Å². The summed E-state index contributed by atoms with van der Waals surface area (Å²) in [6.07, 6.45) is 0. The van der Waals surface area contributed by atoms with Crippen LogP contribution in [0.4, 0.5) is 5.69 Å².